The molecule has 0 bridgehead atoms. The molecule has 0 aliphatic heterocycles. The van der Waals surface area contributed by atoms with Gasteiger partial charge in [0, 0.05) is 12.1 Å². The third-order valence-electron chi connectivity index (χ3n) is 4.14. The smallest absolute Gasteiger partial charge is 0.306 e. The van der Waals surface area contributed by atoms with Gasteiger partial charge in [0.25, 0.3) is 5.89 Å². The lowest BCUT2D eigenvalue weighted by Crippen LogP contribution is -2.21. The summed E-state index contributed by atoms with van der Waals surface area (Å²) in [5.74, 6) is -0.0461. The maximum Gasteiger partial charge on any atom is 0.306 e. The predicted molar refractivity (Wildman–Crippen MR) is 86.0 cm³/mol. The van der Waals surface area contributed by atoms with E-state index in [0.717, 1.165) is 12.8 Å². The molecule has 2 atom stereocenters. The molecular weight excluding hydrogens is 334 g/mol. The van der Waals surface area contributed by atoms with Gasteiger partial charge in [-0.05, 0) is 32.3 Å². The normalized spacial score (nSPS) is 20.8. The van der Waals surface area contributed by atoms with Crippen molar-refractivity contribution in [2.75, 3.05) is 6.61 Å². The maximum atomic E-state index is 11.2. The van der Waals surface area contributed by atoms with Crippen LogP contribution in [0.3, 0.4) is 0 Å². The Hall–Kier alpha value is -2.15. The number of nitrogens with zero attached hydrogens (tertiary/aromatic N) is 3. The third kappa shape index (κ3) is 3.51. The van der Waals surface area contributed by atoms with Crippen molar-refractivity contribution in [2.45, 2.75) is 38.5 Å². The molecule has 1 N–H and O–H groups in total. The monoisotopic (exact) mass is 351 g/mol. The van der Waals surface area contributed by atoms with Gasteiger partial charge in [0.15, 0.2) is 0 Å². The number of halogens is 1. The SMILES string of the molecule is CCOc1ncc(Cl)cc1-c1nnc([C@H]2CCC[C@@H](C(=O)O)C2)o1. The minimum absolute atomic E-state index is 0.0382. The van der Waals surface area contributed by atoms with Gasteiger partial charge in [-0.1, -0.05) is 18.0 Å². The van der Waals surface area contributed by atoms with E-state index in [1.165, 1.54) is 6.20 Å². The first-order chi connectivity index (χ1) is 11.6. The minimum Gasteiger partial charge on any atom is -0.481 e. The number of carboxylic acid groups (broad SMARTS) is 1. The highest BCUT2D eigenvalue weighted by atomic mass is 35.5. The molecule has 0 spiro atoms. The average molecular weight is 352 g/mol. The van der Waals surface area contributed by atoms with Gasteiger partial charge in [0.1, 0.15) is 5.56 Å². The van der Waals surface area contributed by atoms with Crippen LogP contribution in [0.15, 0.2) is 16.7 Å². The zero-order valence-electron chi connectivity index (χ0n) is 13.2. The second-order valence-corrected chi connectivity index (χ2v) is 6.22. The lowest BCUT2D eigenvalue weighted by Gasteiger charge is -2.23. The number of carbonyl (C=O) groups is 1. The first-order valence-corrected chi connectivity index (χ1v) is 8.31. The van der Waals surface area contributed by atoms with E-state index in [9.17, 15) is 9.90 Å². The lowest BCUT2D eigenvalue weighted by molar-refractivity contribution is -0.143. The van der Waals surface area contributed by atoms with Crippen molar-refractivity contribution in [2.24, 2.45) is 5.92 Å². The first kappa shape index (κ1) is 16.7. The molecule has 1 aliphatic carbocycles. The van der Waals surface area contributed by atoms with Crippen molar-refractivity contribution in [3.63, 3.8) is 0 Å². The molecule has 0 aromatic carbocycles. The fourth-order valence-electron chi connectivity index (χ4n) is 2.98. The molecule has 0 saturated heterocycles. The molecule has 1 aliphatic rings. The first-order valence-electron chi connectivity index (χ1n) is 7.93. The number of hydrogen-bond donors (Lipinski definition) is 1. The van der Waals surface area contributed by atoms with Crippen LogP contribution in [0.5, 0.6) is 5.88 Å². The van der Waals surface area contributed by atoms with Gasteiger partial charge in [-0.15, -0.1) is 10.2 Å². The van der Waals surface area contributed by atoms with Gasteiger partial charge in [0.2, 0.25) is 11.8 Å². The lowest BCUT2D eigenvalue weighted by atomic mass is 9.81. The number of aliphatic carboxylic acids is 1. The van der Waals surface area contributed by atoms with Crippen molar-refractivity contribution in [1.82, 2.24) is 15.2 Å². The second-order valence-electron chi connectivity index (χ2n) is 5.78. The Morgan fingerprint density at radius 1 is 1.46 bits per heavy atom. The summed E-state index contributed by atoms with van der Waals surface area (Å²) in [6, 6.07) is 1.66. The fourth-order valence-corrected chi connectivity index (χ4v) is 3.14. The van der Waals surface area contributed by atoms with E-state index in [1.807, 2.05) is 6.92 Å². The molecule has 0 radical (unpaired) electrons. The number of ether oxygens (including phenoxy) is 1. The van der Waals surface area contributed by atoms with Crippen LogP contribution in [0.1, 0.15) is 44.4 Å². The van der Waals surface area contributed by atoms with E-state index in [-0.39, 0.29) is 17.7 Å². The van der Waals surface area contributed by atoms with E-state index in [4.69, 9.17) is 20.8 Å². The van der Waals surface area contributed by atoms with E-state index in [1.54, 1.807) is 6.07 Å². The zero-order chi connectivity index (χ0) is 17.1. The molecule has 2 heterocycles. The van der Waals surface area contributed by atoms with Gasteiger partial charge in [0.05, 0.1) is 17.5 Å². The van der Waals surface area contributed by atoms with Crippen LogP contribution in [0, 0.1) is 5.92 Å². The Morgan fingerprint density at radius 2 is 2.29 bits per heavy atom. The summed E-state index contributed by atoms with van der Waals surface area (Å²) < 4.78 is 11.3. The number of aromatic nitrogens is 3. The number of carboxylic acids is 1. The van der Waals surface area contributed by atoms with E-state index in [0.29, 0.717) is 41.8 Å². The van der Waals surface area contributed by atoms with E-state index in [2.05, 4.69) is 15.2 Å². The summed E-state index contributed by atoms with van der Waals surface area (Å²) in [7, 11) is 0. The van der Waals surface area contributed by atoms with Crippen LogP contribution in [0.25, 0.3) is 11.5 Å². The summed E-state index contributed by atoms with van der Waals surface area (Å²) in [5.41, 5.74) is 0.536. The standard InChI is InChI=1S/C16H18ClN3O4/c1-2-23-14-12(7-11(17)8-18-14)15-20-19-13(24-15)9-4-3-5-10(6-9)16(21)22/h7-10H,2-6H2,1H3,(H,21,22)/t9-,10+/m0/s1. The van der Waals surface area contributed by atoms with Crippen molar-refractivity contribution in [3.05, 3.63) is 23.2 Å². The molecule has 2 aromatic rings. The van der Waals surface area contributed by atoms with Crippen LogP contribution in [-0.2, 0) is 4.79 Å². The van der Waals surface area contributed by atoms with Crippen LogP contribution < -0.4 is 4.74 Å². The zero-order valence-corrected chi connectivity index (χ0v) is 14.0. The topological polar surface area (TPSA) is 98.3 Å². The molecule has 2 aromatic heterocycles. The summed E-state index contributed by atoms with van der Waals surface area (Å²) in [6.45, 7) is 2.30. The van der Waals surface area contributed by atoms with Gasteiger partial charge < -0.3 is 14.3 Å². The van der Waals surface area contributed by atoms with Crippen molar-refractivity contribution < 1.29 is 19.1 Å². The molecule has 3 rings (SSSR count). The van der Waals surface area contributed by atoms with Gasteiger partial charge in [-0.2, -0.15) is 0 Å². The molecule has 1 fully saturated rings. The van der Waals surface area contributed by atoms with Crippen LogP contribution in [0.4, 0.5) is 0 Å². The van der Waals surface area contributed by atoms with E-state index < -0.39 is 5.97 Å². The Labute approximate surface area is 144 Å². The van der Waals surface area contributed by atoms with E-state index >= 15 is 0 Å². The minimum atomic E-state index is -0.767. The molecule has 7 nitrogen and oxygen atoms in total. The maximum absolute atomic E-state index is 11.2. The highest BCUT2D eigenvalue weighted by molar-refractivity contribution is 6.30. The summed E-state index contributed by atoms with van der Waals surface area (Å²) in [6.07, 6.45) is 4.38. The third-order valence-corrected chi connectivity index (χ3v) is 4.35. The Bertz CT molecular complexity index is 734. The second kappa shape index (κ2) is 7.17. The Balaban J connectivity index is 1.86. The van der Waals surface area contributed by atoms with Crippen LogP contribution >= 0.6 is 11.6 Å². The average Bonchev–Trinajstić information content (AvgIpc) is 3.06. The number of hydrogen-bond acceptors (Lipinski definition) is 6. The van der Waals surface area contributed by atoms with Crippen LogP contribution in [0.2, 0.25) is 5.02 Å². The summed E-state index contributed by atoms with van der Waals surface area (Å²) in [4.78, 5) is 15.3. The number of rotatable bonds is 5. The van der Waals surface area contributed by atoms with Crippen LogP contribution in [-0.4, -0.2) is 32.9 Å². The molecule has 1 saturated carbocycles. The van der Waals surface area contributed by atoms with Crippen molar-refractivity contribution in [3.8, 4) is 17.3 Å². The summed E-state index contributed by atoms with van der Waals surface area (Å²) >= 11 is 6.00. The van der Waals surface area contributed by atoms with Crippen molar-refractivity contribution >= 4 is 17.6 Å². The molecule has 8 heteroatoms. The summed E-state index contributed by atoms with van der Waals surface area (Å²) in [5, 5.41) is 17.8. The predicted octanol–water partition coefficient (Wildman–Crippen LogP) is 3.54. The Kier molecular flexibility index (Phi) is 4.99. The molecule has 0 unspecified atom stereocenters. The number of pyridine rings is 1. The fraction of sp³-hybridized carbons (Fsp3) is 0.500. The molecular formula is C16H18ClN3O4. The van der Waals surface area contributed by atoms with Gasteiger partial charge >= 0.3 is 5.97 Å². The largest absolute Gasteiger partial charge is 0.481 e. The Morgan fingerprint density at radius 3 is 3.04 bits per heavy atom. The highest BCUT2D eigenvalue weighted by Gasteiger charge is 2.31. The molecule has 0 amide bonds. The highest BCUT2D eigenvalue weighted by Crippen LogP contribution is 2.37. The molecule has 24 heavy (non-hydrogen) atoms. The van der Waals surface area contributed by atoms with Crippen molar-refractivity contribution in [1.29, 1.82) is 0 Å². The molecule has 128 valence electrons. The van der Waals surface area contributed by atoms with Gasteiger partial charge in [-0.25, -0.2) is 4.98 Å². The quantitative estimate of drug-likeness (QED) is 0.879. The van der Waals surface area contributed by atoms with Gasteiger partial charge in [-0.3, -0.25) is 4.79 Å².